The van der Waals surface area contributed by atoms with Crippen molar-refractivity contribution in [1.29, 1.82) is 0 Å². The van der Waals surface area contributed by atoms with E-state index in [1.807, 2.05) is 0 Å². The number of hydrogen-bond donors (Lipinski definition) is 2. The highest BCUT2D eigenvalue weighted by Crippen LogP contribution is 2.11. The zero-order valence-corrected chi connectivity index (χ0v) is 7.68. The first-order valence-corrected chi connectivity index (χ1v) is 4.17. The highest BCUT2D eigenvalue weighted by atomic mass is 16.1. The summed E-state index contributed by atoms with van der Waals surface area (Å²) in [4.78, 5) is 22.0. The van der Waals surface area contributed by atoms with E-state index in [2.05, 4.69) is 5.10 Å². The van der Waals surface area contributed by atoms with E-state index in [1.165, 1.54) is 16.8 Å². The SMILES string of the molecule is NC(=O)c1cnn2c(C(N)=O)cccc12. The van der Waals surface area contributed by atoms with Crippen molar-refractivity contribution in [3.63, 3.8) is 0 Å². The average molecular weight is 204 g/mol. The molecule has 0 atom stereocenters. The summed E-state index contributed by atoms with van der Waals surface area (Å²) in [5.74, 6) is -1.20. The molecule has 2 heterocycles. The minimum atomic E-state index is -0.611. The largest absolute Gasteiger partial charge is 0.365 e. The molecule has 6 heteroatoms. The van der Waals surface area contributed by atoms with Crippen molar-refractivity contribution in [2.24, 2.45) is 11.5 Å². The van der Waals surface area contributed by atoms with Crippen molar-refractivity contribution in [3.05, 3.63) is 35.7 Å². The van der Waals surface area contributed by atoms with Gasteiger partial charge in [-0.1, -0.05) is 6.07 Å². The second-order valence-corrected chi connectivity index (χ2v) is 2.99. The zero-order valence-electron chi connectivity index (χ0n) is 7.68. The van der Waals surface area contributed by atoms with Crippen LogP contribution in [-0.2, 0) is 0 Å². The van der Waals surface area contributed by atoms with Crippen LogP contribution < -0.4 is 11.5 Å². The number of carbonyl (C=O) groups excluding carboxylic acids is 2. The highest BCUT2D eigenvalue weighted by molar-refractivity contribution is 6.00. The van der Waals surface area contributed by atoms with Crippen LogP contribution in [0.15, 0.2) is 24.4 Å². The van der Waals surface area contributed by atoms with Crippen molar-refractivity contribution in [3.8, 4) is 0 Å². The standard InChI is InChI=1S/C9H8N4O2/c10-8(14)5-4-12-13-6(5)2-1-3-7(13)9(11)15/h1-4H,(H2,10,14)(H2,11,15). The fourth-order valence-electron chi connectivity index (χ4n) is 1.39. The molecule has 2 aromatic rings. The lowest BCUT2D eigenvalue weighted by Crippen LogP contribution is -2.16. The van der Waals surface area contributed by atoms with Crippen molar-refractivity contribution in [2.75, 3.05) is 0 Å². The Morgan fingerprint density at radius 1 is 1.20 bits per heavy atom. The molecule has 0 aliphatic carbocycles. The number of carbonyl (C=O) groups is 2. The minimum Gasteiger partial charge on any atom is -0.365 e. The number of rotatable bonds is 2. The normalized spacial score (nSPS) is 10.4. The molecule has 0 saturated carbocycles. The van der Waals surface area contributed by atoms with E-state index in [4.69, 9.17) is 11.5 Å². The second kappa shape index (κ2) is 3.09. The molecule has 4 N–H and O–H groups in total. The van der Waals surface area contributed by atoms with E-state index in [1.54, 1.807) is 12.1 Å². The molecule has 0 spiro atoms. The molecule has 76 valence electrons. The van der Waals surface area contributed by atoms with Gasteiger partial charge in [-0.2, -0.15) is 5.10 Å². The Labute approximate surface area is 84.5 Å². The molecule has 0 saturated heterocycles. The fraction of sp³-hybridized carbons (Fsp3) is 0. The molecule has 0 radical (unpaired) electrons. The van der Waals surface area contributed by atoms with Crippen molar-refractivity contribution in [2.45, 2.75) is 0 Å². The summed E-state index contributed by atoms with van der Waals surface area (Å²) >= 11 is 0. The van der Waals surface area contributed by atoms with Crippen molar-refractivity contribution < 1.29 is 9.59 Å². The molecular weight excluding hydrogens is 196 g/mol. The number of hydrogen-bond acceptors (Lipinski definition) is 3. The van der Waals surface area contributed by atoms with Crippen LogP contribution in [0.25, 0.3) is 5.52 Å². The summed E-state index contributed by atoms with van der Waals surface area (Å²) in [6.07, 6.45) is 1.31. The van der Waals surface area contributed by atoms with Crippen LogP contribution in [-0.4, -0.2) is 21.4 Å². The lowest BCUT2D eigenvalue weighted by atomic mass is 10.2. The van der Waals surface area contributed by atoms with Gasteiger partial charge in [-0.05, 0) is 12.1 Å². The van der Waals surface area contributed by atoms with E-state index < -0.39 is 11.8 Å². The number of nitrogens with zero attached hydrogens (tertiary/aromatic N) is 2. The van der Waals surface area contributed by atoms with Gasteiger partial charge >= 0.3 is 0 Å². The van der Waals surface area contributed by atoms with Gasteiger partial charge in [0.15, 0.2) is 0 Å². The first kappa shape index (κ1) is 9.20. The second-order valence-electron chi connectivity index (χ2n) is 2.99. The van der Waals surface area contributed by atoms with Gasteiger partial charge in [0.05, 0.1) is 17.3 Å². The molecule has 0 aromatic carbocycles. The predicted octanol–water partition coefficient (Wildman–Crippen LogP) is -0.468. The molecule has 0 aliphatic heterocycles. The molecule has 0 unspecified atom stereocenters. The quantitative estimate of drug-likeness (QED) is 0.691. The van der Waals surface area contributed by atoms with E-state index >= 15 is 0 Å². The van der Waals surface area contributed by atoms with E-state index in [0.29, 0.717) is 5.52 Å². The van der Waals surface area contributed by atoms with E-state index in [-0.39, 0.29) is 11.3 Å². The molecule has 2 amide bonds. The van der Waals surface area contributed by atoms with Gasteiger partial charge in [0, 0.05) is 0 Å². The van der Waals surface area contributed by atoms with Gasteiger partial charge in [-0.3, -0.25) is 9.59 Å². The Bertz CT molecular complexity index is 558. The number of nitrogens with two attached hydrogens (primary N) is 2. The summed E-state index contributed by atoms with van der Waals surface area (Å²) in [6, 6.07) is 4.77. The van der Waals surface area contributed by atoms with Gasteiger partial charge in [-0.15, -0.1) is 0 Å². The van der Waals surface area contributed by atoms with Crippen LogP contribution in [0, 0.1) is 0 Å². The third kappa shape index (κ3) is 1.32. The fourth-order valence-corrected chi connectivity index (χ4v) is 1.39. The highest BCUT2D eigenvalue weighted by Gasteiger charge is 2.13. The lowest BCUT2D eigenvalue weighted by Gasteiger charge is -1.99. The van der Waals surface area contributed by atoms with E-state index in [0.717, 1.165) is 0 Å². The number of fused-ring (bicyclic) bond motifs is 1. The van der Waals surface area contributed by atoms with Crippen LogP contribution in [0.1, 0.15) is 20.8 Å². The van der Waals surface area contributed by atoms with Crippen LogP contribution in [0.4, 0.5) is 0 Å². The zero-order chi connectivity index (χ0) is 11.0. The maximum absolute atomic E-state index is 11.0. The van der Waals surface area contributed by atoms with Crippen LogP contribution in [0.3, 0.4) is 0 Å². The predicted molar refractivity (Wildman–Crippen MR) is 52.2 cm³/mol. The maximum Gasteiger partial charge on any atom is 0.267 e. The Balaban J connectivity index is 2.80. The van der Waals surface area contributed by atoms with Gasteiger partial charge < -0.3 is 11.5 Å². The van der Waals surface area contributed by atoms with Crippen molar-refractivity contribution in [1.82, 2.24) is 9.61 Å². The first-order chi connectivity index (χ1) is 7.11. The number of primary amides is 2. The van der Waals surface area contributed by atoms with Crippen LogP contribution >= 0.6 is 0 Å². The summed E-state index contributed by atoms with van der Waals surface area (Å²) in [6.45, 7) is 0. The number of amides is 2. The molecule has 15 heavy (non-hydrogen) atoms. The molecule has 6 nitrogen and oxygen atoms in total. The third-order valence-corrected chi connectivity index (χ3v) is 2.06. The molecule has 0 bridgehead atoms. The Morgan fingerprint density at radius 2 is 1.93 bits per heavy atom. The van der Waals surface area contributed by atoms with Crippen LogP contribution in [0.2, 0.25) is 0 Å². The van der Waals surface area contributed by atoms with Gasteiger partial charge in [0.2, 0.25) is 0 Å². The van der Waals surface area contributed by atoms with Crippen LogP contribution in [0.5, 0.6) is 0 Å². The molecule has 2 aromatic heterocycles. The summed E-state index contributed by atoms with van der Waals surface area (Å²) < 4.78 is 1.29. The first-order valence-electron chi connectivity index (χ1n) is 4.17. The van der Waals surface area contributed by atoms with Gasteiger partial charge in [0.25, 0.3) is 11.8 Å². The Morgan fingerprint density at radius 3 is 2.53 bits per heavy atom. The summed E-state index contributed by atoms with van der Waals surface area (Å²) in [5.41, 5.74) is 11.2. The summed E-state index contributed by atoms with van der Waals surface area (Å²) in [7, 11) is 0. The lowest BCUT2D eigenvalue weighted by molar-refractivity contribution is 0.0986. The molecule has 0 fully saturated rings. The van der Waals surface area contributed by atoms with Gasteiger partial charge in [0.1, 0.15) is 5.69 Å². The smallest absolute Gasteiger partial charge is 0.267 e. The van der Waals surface area contributed by atoms with Gasteiger partial charge in [-0.25, -0.2) is 4.52 Å². The molecular formula is C9H8N4O2. The van der Waals surface area contributed by atoms with Crippen molar-refractivity contribution >= 4 is 17.3 Å². The minimum absolute atomic E-state index is 0.208. The monoisotopic (exact) mass is 204 g/mol. The summed E-state index contributed by atoms with van der Waals surface area (Å²) in [5, 5.41) is 3.88. The topological polar surface area (TPSA) is 103 Å². The number of aromatic nitrogens is 2. The number of pyridine rings is 1. The average Bonchev–Trinajstić information content (AvgIpc) is 2.59. The molecule has 2 rings (SSSR count). The molecule has 0 aliphatic rings. The third-order valence-electron chi connectivity index (χ3n) is 2.06. The maximum atomic E-state index is 11.0. The van der Waals surface area contributed by atoms with E-state index in [9.17, 15) is 9.59 Å². The Hall–Kier alpha value is -2.37. The Kier molecular flexibility index (Phi) is 1.89.